The fourth-order valence-electron chi connectivity index (χ4n) is 2.83. The molecule has 1 aromatic rings. The second kappa shape index (κ2) is 10.4. The minimum absolute atomic E-state index is 0.0137. The second-order valence-corrected chi connectivity index (χ2v) is 6.37. The maximum Gasteiger partial charge on any atom is 0.319 e. The van der Waals surface area contributed by atoms with Crippen LogP contribution in [0.15, 0.2) is 30.3 Å². The Hall–Kier alpha value is -2.57. The van der Waals surface area contributed by atoms with Gasteiger partial charge in [0.25, 0.3) is 5.91 Å². The van der Waals surface area contributed by atoms with Crippen LogP contribution in [-0.2, 0) is 14.3 Å². The first-order valence-electron chi connectivity index (χ1n) is 9.14. The number of rotatable bonds is 6. The number of nitrogens with zero attached hydrogens (tertiary/aromatic N) is 1. The monoisotopic (exact) mass is 361 g/mol. The molecule has 0 spiro atoms. The predicted octanol–water partition coefficient (Wildman–Crippen LogP) is 2.53. The van der Waals surface area contributed by atoms with Crippen molar-refractivity contribution >= 4 is 23.6 Å². The number of urea groups is 1. The molecule has 26 heavy (non-hydrogen) atoms. The van der Waals surface area contributed by atoms with Gasteiger partial charge in [0, 0.05) is 25.3 Å². The van der Waals surface area contributed by atoms with Crippen molar-refractivity contribution in [2.75, 3.05) is 25.0 Å². The van der Waals surface area contributed by atoms with Gasteiger partial charge >= 0.3 is 12.0 Å². The quantitative estimate of drug-likeness (QED) is 0.762. The van der Waals surface area contributed by atoms with Gasteiger partial charge in [-0.05, 0) is 31.9 Å². The van der Waals surface area contributed by atoms with E-state index in [1.807, 2.05) is 18.2 Å². The summed E-state index contributed by atoms with van der Waals surface area (Å²) in [5, 5.41) is 5.25. The average Bonchev–Trinajstić information content (AvgIpc) is 2.91. The van der Waals surface area contributed by atoms with E-state index in [2.05, 4.69) is 10.6 Å². The molecule has 7 nitrogen and oxygen atoms in total. The molecule has 2 N–H and O–H groups in total. The molecule has 1 heterocycles. The molecule has 0 aliphatic carbocycles. The zero-order valence-corrected chi connectivity index (χ0v) is 15.2. The fourth-order valence-corrected chi connectivity index (χ4v) is 2.83. The minimum atomic E-state index is -0.793. The van der Waals surface area contributed by atoms with Crippen molar-refractivity contribution in [1.82, 2.24) is 10.2 Å². The summed E-state index contributed by atoms with van der Waals surface area (Å²) in [6, 6.07) is 8.63. The number of likely N-dealkylation sites (tertiary alicyclic amines) is 1. The normalized spacial score (nSPS) is 15.5. The Morgan fingerprint density at radius 3 is 2.38 bits per heavy atom. The molecule has 0 bridgehead atoms. The molecule has 0 radical (unpaired) electrons. The van der Waals surface area contributed by atoms with E-state index >= 15 is 0 Å². The van der Waals surface area contributed by atoms with E-state index in [1.165, 1.54) is 0 Å². The molecule has 0 saturated carbocycles. The van der Waals surface area contributed by atoms with Gasteiger partial charge in [0.05, 0.1) is 6.42 Å². The van der Waals surface area contributed by atoms with Crippen LogP contribution in [0, 0.1) is 0 Å². The highest BCUT2D eigenvalue weighted by atomic mass is 16.5. The number of benzene rings is 1. The lowest BCUT2D eigenvalue weighted by atomic mass is 10.2. The predicted molar refractivity (Wildman–Crippen MR) is 98.7 cm³/mol. The van der Waals surface area contributed by atoms with Crippen molar-refractivity contribution in [3.05, 3.63) is 30.3 Å². The molecule has 142 valence electrons. The number of amides is 3. The third kappa shape index (κ3) is 6.74. The number of ether oxygens (including phenoxy) is 1. The van der Waals surface area contributed by atoms with Crippen molar-refractivity contribution in [3.8, 4) is 0 Å². The van der Waals surface area contributed by atoms with Crippen LogP contribution in [-0.4, -0.2) is 48.5 Å². The topological polar surface area (TPSA) is 87.7 Å². The lowest BCUT2D eigenvalue weighted by molar-refractivity contribution is -0.159. The molecule has 0 unspecified atom stereocenters. The van der Waals surface area contributed by atoms with E-state index in [4.69, 9.17) is 4.74 Å². The largest absolute Gasteiger partial charge is 0.452 e. The highest BCUT2D eigenvalue weighted by molar-refractivity contribution is 5.89. The summed E-state index contributed by atoms with van der Waals surface area (Å²) < 4.78 is 5.20. The third-order valence-electron chi connectivity index (χ3n) is 4.22. The van der Waals surface area contributed by atoms with Crippen molar-refractivity contribution in [2.24, 2.45) is 0 Å². The molecule has 1 aliphatic heterocycles. The third-order valence-corrected chi connectivity index (χ3v) is 4.22. The molecule has 1 aliphatic rings. The Labute approximate surface area is 154 Å². The van der Waals surface area contributed by atoms with Crippen LogP contribution in [0.2, 0.25) is 0 Å². The van der Waals surface area contributed by atoms with E-state index in [0.29, 0.717) is 5.69 Å². The molecule has 1 atom stereocenters. The van der Waals surface area contributed by atoms with E-state index in [-0.39, 0.29) is 18.9 Å². The van der Waals surface area contributed by atoms with Crippen molar-refractivity contribution < 1.29 is 19.1 Å². The summed E-state index contributed by atoms with van der Waals surface area (Å²) in [6.45, 7) is 3.19. The standard InChI is InChI=1S/C19H27N3O4/c1-15(18(24)22-13-7-2-3-8-14-22)26-17(23)11-12-20-19(25)21-16-9-5-4-6-10-16/h4-6,9-10,15H,2-3,7-8,11-14H2,1H3,(H2,20,21,25)/t15-/m1/s1. The molecule has 0 aromatic heterocycles. The van der Waals surface area contributed by atoms with E-state index in [1.54, 1.807) is 24.0 Å². The summed E-state index contributed by atoms with van der Waals surface area (Å²) in [7, 11) is 0. The Morgan fingerprint density at radius 2 is 1.73 bits per heavy atom. The zero-order chi connectivity index (χ0) is 18.8. The van der Waals surface area contributed by atoms with Gasteiger partial charge in [0.2, 0.25) is 0 Å². The van der Waals surface area contributed by atoms with Crippen LogP contribution < -0.4 is 10.6 Å². The molecule has 1 saturated heterocycles. The first-order chi connectivity index (χ1) is 12.6. The number of carbonyl (C=O) groups excluding carboxylic acids is 3. The Kier molecular flexibility index (Phi) is 7.92. The fraction of sp³-hybridized carbons (Fsp3) is 0.526. The van der Waals surface area contributed by atoms with Crippen LogP contribution in [0.25, 0.3) is 0 Å². The molecule has 7 heteroatoms. The van der Waals surface area contributed by atoms with Crippen LogP contribution in [0.1, 0.15) is 39.0 Å². The lowest BCUT2D eigenvalue weighted by Gasteiger charge is -2.24. The lowest BCUT2D eigenvalue weighted by Crippen LogP contribution is -2.40. The maximum atomic E-state index is 12.3. The van der Waals surface area contributed by atoms with E-state index in [9.17, 15) is 14.4 Å². The Morgan fingerprint density at radius 1 is 1.08 bits per heavy atom. The van der Waals surface area contributed by atoms with Crippen molar-refractivity contribution in [1.29, 1.82) is 0 Å². The van der Waals surface area contributed by atoms with Crippen LogP contribution in [0.4, 0.5) is 10.5 Å². The van der Waals surface area contributed by atoms with Crippen molar-refractivity contribution in [3.63, 3.8) is 0 Å². The molecular formula is C19H27N3O4. The summed E-state index contributed by atoms with van der Waals surface area (Å²) in [5.74, 6) is -0.643. The summed E-state index contributed by atoms with van der Waals surface area (Å²) in [5.41, 5.74) is 0.671. The first kappa shape index (κ1) is 19.8. The van der Waals surface area contributed by atoms with Gasteiger partial charge in [-0.1, -0.05) is 31.0 Å². The number of carbonyl (C=O) groups is 3. The van der Waals surface area contributed by atoms with Crippen LogP contribution in [0.5, 0.6) is 0 Å². The number of anilines is 1. The molecule has 3 amide bonds. The Bertz CT molecular complexity index is 598. The number of esters is 1. The number of nitrogens with one attached hydrogen (secondary N) is 2. The maximum absolute atomic E-state index is 12.3. The van der Waals surface area contributed by atoms with E-state index < -0.39 is 18.1 Å². The molecule has 1 aromatic carbocycles. The minimum Gasteiger partial charge on any atom is -0.452 e. The SMILES string of the molecule is C[C@@H](OC(=O)CCNC(=O)Nc1ccccc1)C(=O)N1CCCCCC1. The van der Waals surface area contributed by atoms with E-state index in [0.717, 1.165) is 38.8 Å². The van der Waals surface area contributed by atoms with Gasteiger partial charge in [-0.15, -0.1) is 0 Å². The highest BCUT2D eigenvalue weighted by Gasteiger charge is 2.24. The smallest absolute Gasteiger partial charge is 0.319 e. The van der Waals surface area contributed by atoms with Crippen LogP contribution >= 0.6 is 0 Å². The van der Waals surface area contributed by atoms with Gasteiger partial charge in [0.15, 0.2) is 6.10 Å². The van der Waals surface area contributed by atoms with Gasteiger partial charge in [-0.25, -0.2) is 4.79 Å². The molecule has 1 fully saturated rings. The van der Waals surface area contributed by atoms with Gasteiger partial charge in [0.1, 0.15) is 0 Å². The van der Waals surface area contributed by atoms with Crippen molar-refractivity contribution in [2.45, 2.75) is 45.1 Å². The molecule has 2 rings (SSSR count). The summed E-state index contributed by atoms with van der Waals surface area (Å²) >= 11 is 0. The van der Waals surface area contributed by atoms with Gasteiger partial charge < -0.3 is 20.3 Å². The summed E-state index contributed by atoms with van der Waals surface area (Å²) in [4.78, 5) is 37.7. The van der Waals surface area contributed by atoms with Crippen LogP contribution in [0.3, 0.4) is 0 Å². The van der Waals surface area contributed by atoms with Gasteiger partial charge in [-0.3, -0.25) is 9.59 Å². The zero-order valence-electron chi connectivity index (χ0n) is 15.2. The number of hydrogen-bond acceptors (Lipinski definition) is 4. The summed E-state index contributed by atoms with van der Waals surface area (Å²) in [6.07, 6.45) is 3.47. The molecular weight excluding hydrogens is 334 g/mol. The Balaban J connectivity index is 1.65. The first-order valence-corrected chi connectivity index (χ1v) is 9.14. The van der Waals surface area contributed by atoms with Gasteiger partial charge in [-0.2, -0.15) is 0 Å². The number of para-hydroxylation sites is 1. The second-order valence-electron chi connectivity index (χ2n) is 6.37. The highest BCUT2D eigenvalue weighted by Crippen LogP contribution is 2.12. The average molecular weight is 361 g/mol. The number of hydrogen-bond donors (Lipinski definition) is 2.